The number of hydrogen-bond acceptors (Lipinski definition) is 4. The van der Waals surface area contributed by atoms with Gasteiger partial charge in [0.2, 0.25) is 0 Å². The van der Waals surface area contributed by atoms with Gasteiger partial charge in [0.1, 0.15) is 5.75 Å². The van der Waals surface area contributed by atoms with Crippen LogP contribution in [0.2, 0.25) is 0 Å². The molecule has 2 aromatic rings. The highest BCUT2D eigenvalue weighted by atomic mass is 127. The molecule has 1 aromatic heterocycles. The van der Waals surface area contributed by atoms with E-state index in [1.807, 2.05) is 12.3 Å². The maximum atomic E-state index is 12.4. The van der Waals surface area contributed by atoms with E-state index in [0.717, 1.165) is 17.1 Å². The maximum Gasteiger partial charge on any atom is 0.573 e. The van der Waals surface area contributed by atoms with Gasteiger partial charge < -0.3 is 15.4 Å². The summed E-state index contributed by atoms with van der Waals surface area (Å²) in [5.74, 6) is 0.234. The molecule has 26 heavy (non-hydrogen) atoms. The number of guanidine groups is 1. The largest absolute Gasteiger partial charge is 0.573 e. The third kappa shape index (κ3) is 7.36. The van der Waals surface area contributed by atoms with E-state index in [1.165, 1.54) is 12.1 Å². The molecule has 0 radical (unpaired) electrons. The number of alkyl halides is 3. The zero-order valence-corrected chi connectivity index (χ0v) is 17.4. The molecule has 1 heterocycles. The van der Waals surface area contributed by atoms with E-state index in [4.69, 9.17) is 0 Å². The molecule has 0 spiro atoms. The molecule has 5 nitrogen and oxygen atoms in total. The van der Waals surface area contributed by atoms with Gasteiger partial charge in [-0.3, -0.25) is 4.99 Å². The highest BCUT2D eigenvalue weighted by Crippen LogP contribution is 2.26. The van der Waals surface area contributed by atoms with Crippen molar-refractivity contribution in [2.24, 2.45) is 4.99 Å². The molecule has 144 valence electrons. The van der Waals surface area contributed by atoms with E-state index in [9.17, 15) is 13.2 Å². The molecule has 0 bridgehead atoms. The highest BCUT2D eigenvalue weighted by molar-refractivity contribution is 14.0. The topological polar surface area (TPSA) is 58.5 Å². The van der Waals surface area contributed by atoms with E-state index < -0.39 is 6.36 Å². The van der Waals surface area contributed by atoms with Crippen LogP contribution in [-0.2, 0) is 19.5 Å². The van der Waals surface area contributed by atoms with Crippen molar-refractivity contribution < 1.29 is 17.9 Å². The molecule has 2 N–H and O–H groups in total. The molecule has 2 rings (SSSR count). The Morgan fingerprint density at radius 1 is 1.23 bits per heavy atom. The molecule has 1 aromatic carbocycles. The van der Waals surface area contributed by atoms with Crippen molar-refractivity contribution in [2.75, 3.05) is 7.05 Å². The summed E-state index contributed by atoms with van der Waals surface area (Å²) in [5, 5.41) is 9.07. The minimum atomic E-state index is -4.72. The second-order valence-corrected chi connectivity index (χ2v) is 5.96. The number of para-hydroxylation sites is 1. The number of ether oxygens (including phenoxy) is 1. The molecule has 0 unspecified atom stereocenters. The van der Waals surface area contributed by atoms with E-state index in [0.29, 0.717) is 18.1 Å². The Hall–Kier alpha value is -1.56. The van der Waals surface area contributed by atoms with Crippen molar-refractivity contribution in [3.05, 3.63) is 45.9 Å². The van der Waals surface area contributed by atoms with Gasteiger partial charge in [-0.15, -0.1) is 48.5 Å². The van der Waals surface area contributed by atoms with Gasteiger partial charge in [-0.2, -0.15) is 0 Å². The average molecular weight is 500 g/mol. The fourth-order valence-corrected chi connectivity index (χ4v) is 2.79. The highest BCUT2D eigenvalue weighted by Gasteiger charge is 2.31. The summed E-state index contributed by atoms with van der Waals surface area (Å²) in [5.41, 5.74) is 1.27. The van der Waals surface area contributed by atoms with Crippen LogP contribution in [0.4, 0.5) is 13.2 Å². The predicted molar refractivity (Wildman–Crippen MR) is 107 cm³/mol. The first-order valence-electron chi connectivity index (χ1n) is 7.62. The number of nitrogens with one attached hydrogen (secondary N) is 2. The van der Waals surface area contributed by atoms with Gasteiger partial charge >= 0.3 is 6.36 Å². The lowest BCUT2D eigenvalue weighted by Crippen LogP contribution is -2.36. The molecular weight excluding hydrogens is 480 g/mol. The third-order valence-electron chi connectivity index (χ3n) is 3.21. The number of hydrogen-bond donors (Lipinski definition) is 2. The number of aliphatic imine (C=N–C) groups is 1. The SMILES string of the molecule is CCc1nc(CNC(=NC)NCc2ccccc2OC(F)(F)F)cs1.I. The minimum absolute atomic E-state index is 0. The first kappa shape index (κ1) is 22.5. The Bertz CT molecular complexity index is 722. The van der Waals surface area contributed by atoms with E-state index in [-0.39, 0.29) is 36.3 Å². The lowest BCUT2D eigenvalue weighted by atomic mass is 10.2. The average Bonchev–Trinajstić information content (AvgIpc) is 3.03. The molecule has 0 aliphatic carbocycles. The van der Waals surface area contributed by atoms with Crippen LogP contribution in [0.25, 0.3) is 0 Å². The van der Waals surface area contributed by atoms with Gasteiger partial charge in [0.25, 0.3) is 0 Å². The summed E-state index contributed by atoms with van der Waals surface area (Å²) < 4.78 is 41.4. The van der Waals surface area contributed by atoms with E-state index >= 15 is 0 Å². The predicted octanol–water partition coefficient (Wildman–Crippen LogP) is 4.09. The first-order chi connectivity index (χ1) is 11.9. The summed E-state index contributed by atoms with van der Waals surface area (Å²) in [7, 11) is 1.59. The Labute approximate surface area is 171 Å². The number of rotatable bonds is 6. The first-order valence-corrected chi connectivity index (χ1v) is 8.50. The Balaban J connectivity index is 0.00000338. The van der Waals surface area contributed by atoms with E-state index in [2.05, 4.69) is 25.3 Å². The zero-order valence-electron chi connectivity index (χ0n) is 14.3. The molecule has 10 heteroatoms. The van der Waals surface area contributed by atoms with Crippen LogP contribution in [0.5, 0.6) is 5.75 Å². The second-order valence-electron chi connectivity index (χ2n) is 5.02. The van der Waals surface area contributed by atoms with E-state index in [1.54, 1.807) is 30.5 Å². The summed E-state index contributed by atoms with van der Waals surface area (Å²) in [4.78, 5) is 8.49. The van der Waals surface area contributed by atoms with Crippen LogP contribution in [0.15, 0.2) is 34.6 Å². The fourth-order valence-electron chi connectivity index (χ4n) is 2.04. The van der Waals surface area contributed by atoms with Crippen LogP contribution in [0, 0.1) is 0 Å². The van der Waals surface area contributed by atoms with Gasteiger partial charge in [-0.1, -0.05) is 25.1 Å². The molecule has 0 atom stereocenters. The van der Waals surface area contributed by atoms with Gasteiger partial charge in [0.15, 0.2) is 5.96 Å². The van der Waals surface area contributed by atoms with Crippen LogP contribution in [-0.4, -0.2) is 24.4 Å². The quantitative estimate of drug-likeness (QED) is 0.357. The number of nitrogens with zero attached hydrogens (tertiary/aromatic N) is 2. The Kier molecular flexibility index (Phi) is 9.13. The maximum absolute atomic E-state index is 12.4. The summed E-state index contributed by atoms with van der Waals surface area (Å²) in [6.45, 7) is 2.66. The van der Waals surface area contributed by atoms with Gasteiger partial charge in [0, 0.05) is 24.5 Å². The third-order valence-corrected chi connectivity index (χ3v) is 4.25. The Morgan fingerprint density at radius 3 is 2.54 bits per heavy atom. The molecule has 0 amide bonds. The van der Waals surface area contributed by atoms with Gasteiger partial charge in [0.05, 0.1) is 17.2 Å². The number of halogens is 4. The number of thiazole rings is 1. The monoisotopic (exact) mass is 500 g/mol. The summed E-state index contributed by atoms with van der Waals surface area (Å²) in [6.07, 6.45) is -3.84. The Morgan fingerprint density at radius 2 is 1.92 bits per heavy atom. The molecule has 0 saturated heterocycles. The lowest BCUT2D eigenvalue weighted by molar-refractivity contribution is -0.274. The summed E-state index contributed by atoms with van der Waals surface area (Å²) >= 11 is 1.59. The fraction of sp³-hybridized carbons (Fsp3) is 0.375. The number of aryl methyl sites for hydroxylation is 1. The van der Waals surface area contributed by atoms with Crippen LogP contribution in [0.1, 0.15) is 23.2 Å². The van der Waals surface area contributed by atoms with Gasteiger partial charge in [-0.25, -0.2) is 4.98 Å². The van der Waals surface area contributed by atoms with Crippen LogP contribution >= 0.6 is 35.3 Å². The zero-order chi connectivity index (χ0) is 18.3. The van der Waals surface area contributed by atoms with Crippen molar-refractivity contribution in [2.45, 2.75) is 32.8 Å². The molecule has 0 aliphatic rings. The lowest BCUT2D eigenvalue weighted by Gasteiger charge is -2.15. The molecular formula is C16H20F3IN4OS. The van der Waals surface area contributed by atoms with Crippen LogP contribution in [0.3, 0.4) is 0 Å². The summed E-state index contributed by atoms with van der Waals surface area (Å²) in [6, 6.07) is 5.99. The van der Waals surface area contributed by atoms with Crippen molar-refractivity contribution in [1.29, 1.82) is 0 Å². The number of aromatic nitrogens is 1. The van der Waals surface area contributed by atoms with Crippen molar-refractivity contribution in [3.8, 4) is 5.75 Å². The normalized spacial score (nSPS) is 11.7. The van der Waals surface area contributed by atoms with Crippen LogP contribution < -0.4 is 15.4 Å². The number of benzene rings is 1. The van der Waals surface area contributed by atoms with Gasteiger partial charge in [-0.05, 0) is 12.5 Å². The molecule has 0 aliphatic heterocycles. The molecule has 0 saturated carbocycles. The standard InChI is InChI=1S/C16H19F3N4OS.HI/c1-3-14-23-12(10-25-14)9-22-15(20-2)21-8-11-6-4-5-7-13(11)24-16(17,18)19;/h4-7,10H,3,8-9H2,1-2H3,(H2,20,21,22);1H. The second kappa shape index (κ2) is 10.6. The smallest absolute Gasteiger partial charge is 0.405 e. The minimum Gasteiger partial charge on any atom is -0.405 e. The van der Waals surface area contributed by atoms with Crippen molar-refractivity contribution in [3.63, 3.8) is 0 Å². The molecule has 0 fully saturated rings. The van der Waals surface area contributed by atoms with Crippen molar-refractivity contribution >= 4 is 41.3 Å². The van der Waals surface area contributed by atoms with Crippen molar-refractivity contribution in [1.82, 2.24) is 15.6 Å².